The minimum absolute atomic E-state index is 0.0528. The first-order valence-corrected chi connectivity index (χ1v) is 8.44. The number of carbonyl (C=O) groups is 2. The van der Waals surface area contributed by atoms with E-state index in [2.05, 4.69) is 5.32 Å². The van der Waals surface area contributed by atoms with Gasteiger partial charge in [0.05, 0.1) is 5.69 Å². The summed E-state index contributed by atoms with van der Waals surface area (Å²) in [5.41, 5.74) is 3.96. The second-order valence-corrected chi connectivity index (χ2v) is 6.82. The lowest BCUT2D eigenvalue weighted by Gasteiger charge is -2.18. The number of benzene rings is 2. The van der Waals surface area contributed by atoms with Crippen molar-refractivity contribution in [1.29, 1.82) is 0 Å². The summed E-state index contributed by atoms with van der Waals surface area (Å²) in [4.78, 5) is 26.5. The molecule has 0 bridgehead atoms. The molecule has 2 aromatic rings. The van der Waals surface area contributed by atoms with Crippen LogP contribution in [0.1, 0.15) is 16.7 Å². The first kappa shape index (κ1) is 17.5. The van der Waals surface area contributed by atoms with Gasteiger partial charge in [-0.15, -0.1) is 0 Å². The van der Waals surface area contributed by atoms with Crippen molar-refractivity contribution in [3.63, 3.8) is 0 Å². The van der Waals surface area contributed by atoms with Crippen LogP contribution in [0.3, 0.4) is 0 Å². The van der Waals surface area contributed by atoms with Crippen molar-refractivity contribution in [3.8, 4) is 0 Å². The fourth-order valence-corrected chi connectivity index (χ4v) is 3.13. The molecule has 0 aliphatic carbocycles. The Bertz CT molecular complexity index is 935. The van der Waals surface area contributed by atoms with Crippen LogP contribution in [0.15, 0.2) is 47.1 Å². The van der Waals surface area contributed by atoms with Crippen molar-refractivity contribution >= 4 is 46.4 Å². The Labute approximate surface area is 156 Å². The molecule has 0 fully saturated rings. The number of aryl methyl sites for hydroxylation is 3. The van der Waals surface area contributed by atoms with Gasteiger partial charge in [-0.05, 0) is 50.1 Å². The minimum atomic E-state index is -0.541. The number of hydrogen-bond acceptors (Lipinski definition) is 3. The number of halogens is 2. The van der Waals surface area contributed by atoms with Gasteiger partial charge in [-0.2, -0.15) is 0 Å². The average Bonchev–Trinajstić information content (AvgIpc) is 2.75. The molecule has 0 saturated heterocycles. The molecular formula is C19H16Cl2N2O2. The normalized spacial score (nSPS) is 14.5. The van der Waals surface area contributed by atoms with Gasteiger partial charge in [0.1, 0.15) is 10.7 Å². The molecule has 25 heavy (non-hydrogen) atoms. The molecule has 1 aliphatic heterocycles. The van der Waals surface area contributed by atoms with Crippen LogP contribution in [0, 0.1) is 20.8 Å². The maximum atomic E-state index is 12.8. The SMILES string of the molecule is Cc1ccc(N2C(=O)C(Cl)=C(Nc3cc(Cl)ccc3C)C2=O)c(C)c1. The van der Waals surface area contributed by atoms with Gasteiger partial charge in [-0.25, -0.2) is 4.90 Å². The predicted molar refractivity (Wildman–Crippen MR) is 101 cm³/mol. The summed E-state index contributed by atoms with van der Waals surface area (Å²) in [6, 6.07) is 10.8. The zero-order valence-corrected chi connectivity index (χ0v) is 15.5. The summed E-state index contributed by atoms with van der Waals surface area (Å²) in [7, 11) is 0. The quantitative estimate of drug-likeness (QED) is 0.791. The van der Waals surface area contributed by atoms with E-state index in [1.54, 1.807) is 18.2 Å². The molecule has 4 nitrogen and oxygen atoms in total. The van der Waals surface area contributed by atoms with E-state index in [-0.39, 0.29) is 10.7 Å². The van der Waals surface area contributed by atoms with Crippen LogP contribution in [0.4, 0.5) is 11.4 Å². The number of nitrogens with zero attached hydrogens (tertiary/aromatic N) is 1. The van der Waals surface area contributed by atoms with E-state index in [0.717, 1.165) is 21.6 Å². The second kappa shape index (κ2) is 6.54. The van der Waals surface area contributed by atoms with Crippen LogP contribution in [-0.4, -0.2) is 11.8 Å². The van der Waals surface area contributed by atoms with Gasteiger partial charge >= 0.3 is 0 Å². The Hall–Kier alpha value is -2.30. The van der Waals surface area contributed by atoms with Crippen molar-refractivity contribution in [3.05, 3.63) is 68.8 Å². The highest BCUT2D eigenvalue weighted by Crippen LogP contribution is 2.33. The Kier molecular flexibility index (Phi) is 4.58. The van der Waals surface area contributed by atoms with Crippen LogP contribution < -0.4 is 10.2 Å². The molecule has 2 aromatic carbocycles. The van der Waals surface area contributed by atoms with E-state index in [4.69, 9.17) is 23.2 Å². The number of imide groups is 1. The lowest BCUT2D eigenvalue weighted by Crippen LogP contribution is -2.32. The fourth-order valence-electron chi connectivity index (χ4n) is 2.75. The Morgan fingerprint density at radius 2 is 1.60 bits per heavy atom. The second-order valence-electron chi connectivity index (χ2n) is 6.01. The van der Waals surface area contributed by atoms with E-state index in [1.165, 1.54) is 0 Å². The van der Waals surface area contributed by atoms with Gasteiger partial charge in [0.2, 0.25) is 0 Å². The Morgan fingerprint density at radius 3 is 2.28 bits per heavy atom. The van der Waals surface area contributed by atoms with Crippen LogP contribution in [-0.2, 0) is 9.59 Å². The first-order chi connectivity index (χ1) is 11.8. The van der Waals surface area contributed by atoms with Gasteiger partial charge in [-0.3, -0.25) is 9.59 Å². The van der Waals surface area contributed by atoms with Crippen molar-refractivity contribution in [2.24, 2.45) is 0 Å². The third-order valence-electron chi connectivity index (χ3n) is 4.08. The average molecular weight is 375 g/mol. The number of anilines is 2. The van der Waals surface area contributed by atoms with Gasteiger partial charge in [0.25, 0.3) is 11.8 Å². The Balaban J connectivity index is 1.98. The van der Waals surface area contributed by atoms with Crippen LogP contribution in [0.5, 0.6) is 0 Å². The van der Waals surface area contributed by atoms with E-state index in [1.807, 2.05) is 39.0 Å². The molecule has 1 N–H and O–H groups in total. The lowest BCUT2D eigenvalue weighted by molar-refractivity contribution is -0.120. The largest absolute Gasteiger partial charge is 0.349 e. The Morgan fingerprint density at radius 1 is 0.880 bits per heavy atom. The first-order valence-electron chi connectivity index (χ1n) is 7.68. The number of rotatable bonds is 3. The van der Waals surface area contributed by atoms with Gasteiger partial charge in [-0.1, -0.05) is 47.0 Å². The summed E-state index contributed by atoms with van der Waals surface area (Å²) < 4.78 is 0. The molecule has 3 rings (SSSR count). The molecule has 1 aliphatic rings. The van der Waals surface area contributed by atoms with Crippen molar-refractivity contribution in [2.45, 2.75) is 20.8 Å². The van der Waals surface area contributed by atoms with E-state index in [9.17, 15) is 9.59 Å². The fraction of sp³-hybridized carbons (Fsp3) is 0.158. The molecular weight excluding hydrogens is 359 g/mol. The zero-order valence-electron chi connectivity index (χ0n) is 14.0. The highest BCUT2D eigenvalue weighted by molar-refractivity contribution is 6.53. The summed E-state index contributed by atoms with van der Waals surface area (Å²) in [5, 5.41) is 3.35. The lowest BCUT2D eigenvalue weighted by atomic mass is 10.1. The van der Waals surface area contributed by atoms with E-state index < -0.39 is 11.8 Å². The molecule has 6 heteroatoms. The summed E-state index contributed by atoms with van der Waals surface area (Å²) in [5.74, 6) is -1.03. The monoisotopic (exact) mass is 374 g/mol. The van der Waals surface area contributed by atoms with Crippen molar-refractivity contribution in [1.82, 2.24) is 0 Å². The topological polar surface area (TPSA) is 49.4 Å². The molecule has 0 atom stereocenters. The summed E-state index contributed by atoms with van der Waals surface area (Å²) in [6.07, 6.45) is 0. The van der Waals surface area contributed by atoms with Crippen molar-refractivity contribution in [2.75, 3.05) is 10.2 Å². The molecule has 1 heterocycles. The highest BCUT2D eigenvalue weighted by Gasteiger charge is 2.39. The number of carbonyl (C=O) groups excluding carboxylic acids is 2. The minimum Gasteiger partial charge on any atom is -0.349 e. The molecule has 0 aromatic heterocycles. The molecule has 0 saturated carbocycles. The van der Waals surface area contributed by atoms with E-state index in [0.29, 0.717) is 16.4 Å². The maximum absolute atomic E-state index is 12.8. The van der Waals surface area contributed by atoms with Crippen LogP contribution in [0.25, 0.3) is 0 Å². The molecule has 0 radical (unpaired) electrons. The van der Waals surface area contributed by atoms with Crippen LogP contribution >= 0.6 is 23.2 Å². The third kappa shape index (κ3) is 3.15. The zero-order chi connectivity index (χ0) is 18.3. The molecule has 128 valence electrons. The van der Waals surface area contributed by atoms with E-state index >= 15 is 0 Å². The van der Waals surface area contributed by atoms with Gasteiger partial charge in [0, 0.05) is 10.7 Å². The predicted octanol–water partition coefficient (Wildman–Crippen LogP) is 4.70. The summed E-state index contributed by atoms with van der Waals surface area (Å²) >= 11 is 12.2. The van der Waals surface area contributed by atoms with Crippen molar-refractivity contribution < 1.29 is 9.59 Å². The summed E-state index contributed by atoms with van der Waals surface area (Å²) in [6.45, 7) is 5.67. The van der Waals surface area contributed by atoms with Gasteiger partial charge in [0.15, 0.2) is 0 Å². The molecule has 0 spiro atoms. The van der Waals surface area contributed by atoms with Gasteiger partial charge < -0.3 is 5.32 Å². The molecule has 0 unspecified atom stereocenters. The number of nitrogens with one attached hydrogen (secondary N) is 1. The third-order valence-corrected chi connectivity index (χ3v) is 4.67. The highest BCUT2D eigenvalue weighted by atomic mass is 35.5. The smallest absolute Gasteiger partial charge is 0.283 e. The molecule has 2 amide bonds. The standard InChI is InChI=1S/C19H16Cl2N2O2/c1-10-4-7-15(12(3)8-10)23-18(24)16(21)17(19(23)25)22-14-9-13(20)6-5-11(14)2/h4-9,22H,1-3H3. The number of amides is 2. The maximum Gasteiger partial charge on any atom is 0.283 e. The van der Waals surface area contributed by atoms with Crippen LogP contribution in [0.2, 0.25) is 5.02 Å². The number of hydrogen-bond donors (Lipinski definition) is 1.